The smallest absolute Gasteiger partial charge is 0.323 e. The average Bonchev–Trinajstić information content (AvgIpc) is 3.10. The van der Waals surface area contributed by atoms with Crippen LogP contribution < -0.4 is 5.32 Å². The highest BCUT2D eigenvalue weighted by Crippen LogP contribution is 2.34. The summed E-state index contributed by atoms with van der Waals surface area (Å²) in [5.74, 6) is -1.31. The van der Waals surface area contributed by atoms with E-state index in [1.165, 1.54) is 12.1 Å². The Hall–Kier alpha value is -3.39. The van der Waals surface area contributed by atoms with E-state index >= 15 is 0 Å². The van der Waals surface area contributed by atoms with Crippen LogP contribution in [0.2, 0.25) is 0 Å². The number of nitrogens with zero attached hydrogens (tertiary/aromatic N) is 2. The first kappa shape index (κ1) is 22.8. The number of carboxylic acids is 1. The Kier molecular flexibility index (Phi) is 6.93. The molecule has 4 rings (SSSR count). The van der Waals surface area contributed by atoms with E-state index < -0.39 is 5.97 Å². The van der Waals surface area contributed by atoms with Gasteiger partial charge in [-0.25, -0.2) is 9.18 Å². The van der Waals surface area contributed by atoms with E-state index in [0.717, 1.165) is 16.8 Å². The summed E-state index contributed by atoms with van der Waals surface area (Å²) < 4.78 is 21.1. The van der Waals surface area contributed by atoms with Crippen molar-refractivity contribution in [3.05, 3.63) is 71.2 Å². The molecule has 33 heavy (non-hydrogen) atoms. The number of hydrogen-bond donors (Lipinski definition) is 2. The zero-order chi connectivity index (χ0) is 23.4. The Balaban J connectivity index is 1.60. The number of amides is 2. The molecule has 0 spiro atoms. The quantitative estimate of drug-likeness (QED) is 0.546. The number of benzene rings is 2. The van der Waals surface area contributed by atoms with Crippen LogP contribution in [0.4, 0.5) is 9.18 Å². The predicted molar refractivity (Wildman–Crippen MR) is 123 cm³/mol. The second kappa shape index (κ2) is 10.0. The van der Waals surface area contributed by atoms with Gasteiger partial charge in [0.25, 0.3) is 0 Å². The van der Waals surface area contributed by atoms with E-state index in [-0.39, 0.29) is 24.4 Å². The molecule has 1 atom stereocenters. The number of hydrogen-bond acceptors (Lipinski definition) is 3. The average molecular weight is 454 g/mol. The molecule has 3 aromatic rings. The van der Waals surface area contributed by atoms with Crippen molar-refractivity contribution < 1.29 is 23.8 Å². The highest BCUT2D eigenvalue weighted by Gasteiger charge is 2.31. The fourth-order valence-corrected chi connectivity index (χ4v) is 4.70. The van der Waals surface area contributed by atoms with Gasteiger partial charge < -0.3 is 24.6 Å². The zero-order valence-electron chi connectivity index (χ0n) is 18.6. The molecule has 2 amide bonds. The monoisotopic (exact) mass is 453 g/mol. The van der Waals surface area contributed by atoms with Crippen molar-refractivity contribution in [2.24, 2.45) is 0 Å². The summed E-state index contributed by atoms with van der Waals surface area (Å²) in [7, 11) is 1.60. The number of halogens is 1. The Labute approximate surface area is 191 Å². The predicted octanol–water partition coefficient (Wildman–Crippen LogP) is 3.58. The number of fused-ring (bicyclic) bond motifs is 3. The lowest BCUT2D eigenvalue weighted by atomic mass is 9.90. The van der Waals surface area contributed by atoms with Crippen molar-refractivity contribution in [1.29, 1.82) is 0 Å². The van der Waals surface area contributed by atoms with Crippen LogP contribution in [0.3, 0.4) is 0 Å². The fourth-order valence-electron chi connectivity index (χ4n) is 4.70. The molecule has 8 heteroatoms. The van der Waals surface area contributed by atoms with Crippen LogP contribution in [0.15, 0.2) is 48.5 Å². The molecular formula is C25H28FN3O4. The summed E-state index contributed by atoms with van der Waals surface area (Å²) in [6, 6.07) is 13.9. The summed E-state index contributed by atoms with van der Waals surface area (Å²) in [4.78, 5) is 26.4. The number of ether oxygens (including phenoxy) is 1. The van der Waals surface area contributed by atoms with Gasteiger partial charge in [-0.1, -0.05) is 30.3 Å². The van der Waals surface area contributed by atoms with Crippen molar-refractivity contribution in [1.82, 2.24) is 14.8 Å². The molecule has 0 fully saturated rings. The maximum atomic E-state index is 14.1. The van der Waals surface area contributed by atoms with E-state index in [0.29, 0.717) is 49.9 Å². The molecule has 2 N–H and O–H groups in total. The number of aliphatic carboxylic acids is 1. The number of carbonyl (C=O) groups excluding carboxylic acids is 1. The zero-order valence-corrected chi connectivity index (χ0v) is 18.6. The standard InChI is InChI=1S/C25H28FN3O4/c1-33-12-11-28(25(32)27-15-17-5-3-2-4-6-17)19-8-10-23-21(14-19)20-13-18(26)7-9-22(20)29(23)16-24(30)31/h2-7,9,13,19H,8,10-12,14-16H2,1H3,(H,27,32)(H,30,31). The molecule has 0 saturated heterocycles. The highest BCUT2D eigenvalue weighted by molar-refractivity contribution is 5.87. The van der Waals surface area contributed by atoms with Gasteiger partial charge in [-0.15, -0.1) is 0 Å². The van der Waals surface area contributed by atoms with E-state index in [2.05, 4.69) is 5.32 Å². The minimum absolute atomic E-state index is 0.101. The number of carbonyl (C=O) groups is 2. The van der Waals surface area contributed by atoms with Crippen LogP contribution >= 0.6 is 0 Å². The molecule has 7 nitrogen and oxygen atoms in total. The van der Waals surface area contributed by atoms with E-state index in [1.54, 1.807) is 22.6 Å². The summed E-state index contributed by atoms with van der Waals surface area (Å²) in [6.45, 7) is 1.08. The van der Waals surface area contributed by atoms with Crippen LogP contribution in [-0.4, -0.2) is 52.9 Å². The van der Waals surface area contributed by atoms with Gasteiger partial charge in [0, 0.05) is 42.8 Å². The van der Waals surface area contributed by atoms with Gasteiger partial charge in [-0.05, 0) is 48.6 Å². The third kappa shape index (κ3) is 5.01. The van der Waals surface area contributed by atoms with Crippen LogP contribution in [0.25, 0.3) is 10.9 Å². The first-order valence-electron chi connectivity index (χ1n) is 11.1. The van der Waals surface area contributed by atoms with E-state index in [1.807, 2.05) is 30.3 Å². The third-order valence-corrected chi connectivity index (χ3v) is 6.22. The maximum Gasteiger partial charge on any atom is 0.323 e. The van der Waals surface area contributed by atoms with E-state index in [9.17, 15) is 19.1 Å². The molecular weight excluding hydrogens is 425 g/mol. The molecule has 174 valence electrons. The number of nitrogens with one attached hydrogen (secondary N) is 1. The van der Waals surface area contributed by atoms with Gasteiger partial charge in [0.15, 0.2) is 0 Å². The van der Waals surface area contributed by atoms with Crippen LogP contribution in [0, 0.1) is 5.82 Å². The fraction of sp³-hybridized carbons (Fsp3) is 0.360. The van der Waals surface area contributed by atoms with E-state index in [4.69, 9.17) is 4.74 Å². The van der Waals surface area contributed by atoms with Crippen LogP contribution in [0.5, 0.6) is 0 Å². The summed E-state index contributed by atoms with van der Waals surface area (Å²) in [6.07, 6.45) is 1.83. The normalized spacial score (nSPS) is 15.3. The van der Waals surface area contributed by atoms with Gasteiger partial charge in [0.1, 0.15) is 12.4 Å². The second-order valence-electron chi connectivity index (χ2n) is 8.29. The Morgan fingerprint density at radius 2 is 2.03 bits per heavy atom. The Bertz CT molecular complexity index is 1150. The Morgan fingerprint density at radius 3 is 2.76 bits per heavy atom. The lowest BCUT2D eigenvalue weighted by molar-refractivity contribution is -0.137. The van der Waals surface area contributed by atoms with Crippen LogP contribution in [0.1, 0.15) is 23.2 Å². The first-order chi connectivity index (χ1) is 16.0. The highest BCUT2D eigenvalue weighted by atomic mass is 19.1. The van der Waals surface area contributed by atoms with Crippen molar-refractivity contribution in [2.45, 2.75) is 38.4 Å². The Morgan fingerprint density at radius 1 is 1.24 bits per heavy atom. The lowest BCUT2D eigenvalue weighted by Crippen LogP contribution is -2.49. The SMILES string of the molecule is COCCN(C(=O)NCc1ccccc1)C1CCc2c(c3cc(F)ccc3n2CC(=O)O)C1. The summed E-state index contributed by atoms with van der Waals surface area (Å²) in [5, 5.41) is 13.1. The topological polar surface area (TPSA) is 83.8 Å². The molecule has 1 aliphatic carbocycles. The molecule has 0 radical (unpaired) electrons. The van der Waals surface area contributed by atoms with Crippen LogP contribution in [-0.2, 0) is 35.5 Å². The summed E-state index contributed by atoms with van der Waals surface area (Å²) in [5.41, 5.74) is 3.54. The van der Waals surface area contributed by atoms with Gasteiger partial charge in [-0.2, -0.15) is 0 Å². The molecule has 1 unspecified atom stereocenters. The molecule has 1 heterocycles. The van der Waals surface area contributed by atoms with Crippen molar-refractivity contribution in [3.8, 4) is 0 Å². The van der Waals surface area contributed by atoms with Gasteiger partial charge >= 0.3 is 12.0 Å². The summed E-state index contributed by atoms with van der Waals surface area (Å²) >= 11 is 0. The number of carboxylic acid groups (broad SMARTS) is 1. The molecule has 0 bridgehead atoms. The number of rotatable bonds is 8. The van der Waals surface area contributed by atoms with Crippen molar-refractivity contribution in [3.63, 3.8) is 0 Å². The first-order valence-corrected chi connectivity index (χ1v) is 11.1. The number of urea groups is 1. The third-order valence-electron chi connectivity index (χ3n) is 6.22. The maximum absolute atomic E-state index is 14.1. The van der Waals surface area contributed by atoms with Gasteiger partial charge in [-0.3, -0.25) is 4.79 Å². The molecule has 0 aliphatic heterocycles. The van der Waals surface area contributed by atoms with Crippen molar-refractivity contribution in [2.75, 3.05) is 20.3 Å². The molecule has 0 saturated carbocycles. The number of aromatic nitrogens is 1. The lowest BCUT2D eigenvalue weighted by Gasteiger charge is -2.35. The minimum atomic E-state index is -0.942. The van der Waals surface area contributed by atoms with Gasteiger partial charge in [0.05, 0.1) is 6.61 Å². The molecule has 2 aromatic carbocycles. The molecule has 1 aromatic heterocycles. The largest absolute Gasteiger partial charge is 0.480 e. The number of methoxy groups -OCH3 is 1. The second-order valence-corrected chi connectivity index (χ2v) is 8.29. The molecule has 1 aliphatic rings. The van der Waals surface area contributed by atoms with Gasteiger partial charge in [0.2, 0.25) is 0 Å². The minimum Gasteiger partial charge on any atom is -0.480 e. The van der Waals surface area contributed by atoms with Crippen molar-refractivity contribution >= 4 is 22.9 Å².